The largest absolute Gasteiger partial charge is 0.465 e. The summed E-state index contributed by atoms with van der Waals surface area (Å²) in [5, 5.41) is 10.6. The van der Waals surface area contributed by atoms with E-state index in [1.54, 1.807) is 0 Å². The summed E-state index contributed by atoms with van der Waals surface area (Å²) in [5.74, 6) is -19.9. The van der Waals surface area contributed by atoms with Crippen LogP contribution in [-0.4, -0.2) is 224 Å². The number of ether oxygens (including phenoxy) is 8. The monoisotopic (exact) mass is 1600 g/mol. The number of carbonyl (C=O) groups is 15. The number of rotatable bonds is 48. The molecular weight excluding hydrogens is 1480 g/mol. The Bertz CT molecular complexity index is 3420. The summed E-state index contributed by atoms with van der Waals surface area (Å²) in [7, 11) is 1.49. The van der Waals surface area contributed by atoms with E-state index >= 15 is 14.4 Å². The normalized spacial score (nSPS) is 17.5. The van der Waals surface area contributed by atoms with Crippen molar-refractivity contribution in [3.8, 4) is 0 Å². The van der Waals surface area contributed by atoms with Crippen LogP contribution in [0.2, 0.25) is 0 Å². The molecule has 9 amide bonds. The molecule has 1 aromatic rings. The molecule has 36 nitrogen and oxygen atoms in total. The van der Waals surface area contributed by atoms with Crippen LogP contribution in [-0.2, 0) is 107 Å². The van der Waals surface area contributed by atoms with Crippen molar-refractivity contribution < 1.29 is 110 Å². The molecule has 0 aliphatic heterocycles. The van der Waals surface area contributed by atoms with Crippen LogP contribution >= 0.6 is 0 Å². The number of hydrogen-bond donors (Lipinski definition) is 4. The van der Waals surface area contributed by atoms with Gasteiger partial charge in [-0.25, -0.2) is 42.6 Å². The topological polar surface area (TPSA) is 454 Å². The number of imide groups is 2. The Morgan fingerprint density at radius 2 is 0.681 bits per heavy atom. The number of nitrogens with one attached hydrogen (secondary N) is 4. The fraction of sp³-hybridized carbons (Fsp3) is 0.766. The summed E-state index contributed by atoms with van der Waals surface area (Å²) in [5.41, 5.74) is -5.88. The van der Waals surface area contributed by atoms with Gasteiger partial charge in [0.1, 0.15) is 0 Å². The lowest BCUT2D eigenvalue weighted by atomic mass is 9.62. The van der Waals surface area contributed by atoms with Crippen LogP contribution in [0.4, 0.5) is 9.59 Å². The van der Waals surface area contributed by atoms with Crippen molar-refractivity contribution in [1.29, 1.82) is 0 Å². The van der Waals surface area contributed by atoms with E-state index in [1.165, 1.54) is 67.3 Å². The molecule has 0 saturated heterocycles. The second kappa shape index (κ2) is 47.9. The third-order valence-corrected chi connectivity index (χ3v) is 19.5. The van der Waals surface area contributed by atoms with Crippen molar-refractivity contribution in [1.82, 2.24) is 49.7 Å². The zero-order valence-electron chi connectivity index (χ0n) is 68.9. The van der Waals surface area contributed by atoms with E-state index in [9.17, 15) is 71.9 Å². The highest BCUT2D eigenvalue weighted by Crippen LogP contribution is 2.51. The molecule has 2 fully saturated rings. The molecule has 2 aliphatic rings. The fourth-order valence-corrected chi connectivity index (χ4v) is 15.1. The highest BCUT2D eigenvalue weighted by molar-refractivity contribution is 6.16. The molecule has 1 aromatic heterocycles. The lowest BCUT2D eigenvalue weighted by Gasteiger charge is -2.48. The smallest absolute Gasteiger partial charge is 0.336 e. The number of carbonyl (C=O) groups excluding carboxylic acids is 15. The first kappa shape index (κ1) is 97.7. The van der Waals surface area contributed by atoms with Crippen LogP contribution in [0.15, 0.2) is 14.4 Å². The maximum atomic E-state index is 15.6. The van der Waals surface area contributed by atoms with Gasteiger partial charge >= 0.3 is 76.9 Å². The molecule has 113 heavy (non-hydrogen) atoms. The van der Waals surface area contributed by atoms with Crippen LogP contribution in [0.1, 0.15) is 225 Å². The van der Waals surface area contributed by atoms with Gasteiger partial charge in [-0.1, -0.05) is 80.1 Å². The molecule has 2 aliphatic carbocycles. The maximum Gasteiger partial charge on any atom is 0.336 e. The molecule has 4 N–H and O–H groups in total. The molecule has 0 aromatic carbocycles. The Morgan fingerprint density at radius 3 is 1.00 bits per heavy atom. The molecule has 638 valence electrons. The molecule has 0 spiro atoms. The minimum atomic E-state index is -1.94. The number of nitrogens with zero attached hydrogens (tertiary/aromatic N) is 6. The lowest BCUT2D eigenvalue weighted by Crippen LogP contribution is -2.59. The van der Waals surface area contributed by atoms with Crippen molar-refractivity contribution >= 4 is 89.9 Å². The Morgan fingerprint density at radius 1 is 0.389 bits per heavy atom. The molecule has 0 bridgehead atoms. The van der Waals surface area contributed by atoms with Crippen LogP contribution < -0.4 is 38.3 Å². The van der Waals surface area contributed by atoms with Crippen LogP contribution in [0, 0.1) is 45.3 Å². The molecule has 1 heterocycles. The first-order valence-electron chi connectivity index (χ1n) is 39.6. The maximum absolute atomic E-state index is 15.6. The summed E-state index contributed by atoms with van der Waals surface area (Å²) in [6, 6.07) is -3.47. The summed E-state index contributed by atoms with van der Waals surface area (Å²) in [6.45, 7) is 22.2. The van der Waals surface area contributed by atoms with Gasteiger partial charge in [-0.15, -0.1) is 0 Å². The van der Waals surface area contributed by atoms with Gasteiger partial charge in [0.25, 0.3) is 0 Å². The van der Waals surface area contributed by atoms with E-state index in [4.69, 9.17) is 37.9 Å². The summed E-state index contributed by atoms with van der Waals surface area (Å²) in [6.07, 6.45) is 6.16. The highest BCUT2D eigenvalue weighted by Gasteiger charge is 2.49. The van der Waals surface area contributed by atoms with Gasteiger partial charge in [0, 0.05) is 71.5 Å². The number of urea groups is 2. The first-order chi connectivity index (χ1) is 53.4. The lowest BCUT2D eigenvalue weighted by molar-refractivity contribution is -0.167. The van der Waals surface area contributed by atoms with E-state index in [2.05, 4.69) is 21.3 Å². The minimum Gasteiger partial charge on any atom is -0.465 e. The summed E-state index contributed by atoms with van der Waals surface area (Å²) in [4.78, 5) is 246. The third kappa shape index (κ3) is 30.1. The van der Waals surface area contributed by atoms with E-state index in [-0.39, 0.29) is 150 Å². The average molecular weight is 1610 g/mol. The van der Waals surface area contributed by atoms with Gasteiger partial charge in [0.15, 0.2) is 0 Å². The quantitative estimate of drug-likeness (QED) is 0.0225. The number of unbranched alkanes of at least 4 members (excludes halogenated alkanes) is 9. The van der Waals surface area contributed by atoms with Gasteiger partial charge in [-0.3, -0.25) is 67.2 Å². The van der Waals surface area contributed by atoms with Gasteiger partial charge < -0.3 is 64.1 Å². The zero-order valence-corrected chi connectivity index (χ0v) is 68.9. The molecule has 3 rings (SSSR count). The number of amides is 9. The van der Waals surface area contributed by atoms with Gasteiger partial charge in [0.05, 0.1) is 52.9 Å². The standard InChI is InChI=1S/C77H124N10O26/c1-16-106-61(93)53(62(94)107-17-2)57(89)78-36-30-24-26-32-38-82(15)69(101)84(40-34-27-25-31-37-79-58(90)54(63(95)108-18-3)64(96)109-19-4)70(102)83(50-88)39-33-28-29-35-41-85-71(103)86(51-42-74(9,10)46-76(13,44-51)48-80-59(91)55(65(97)110-20-5)66(98)111-21-6)73(105)87(72(85)104)52-43-75(11,12)47-77(14,45-52)49-81-60(92)56(67(99)112-22-7)68(100)113-23-8/h50-56H,16-49H2,1-15H3,(H,78,89)(H,79,90)(H,80,91)(H,81,92). The SMILES string of the molecule is CCOC(=O)C(C(=O)NCCCCCCN(C)C(=O)N(CCCCCCNC(=O)C(C(=O)OCC)C(=O)OCC)C(=O)N(C=O)CCCCCCn1c(=O)n(C2CC(C)(C)CC(C)(CNC(=O)C(C(=O)OCC)C(=O)OCC)C2)c(=O)n(C2CC(C)(C)CC(C)(CNC(=O)C(C(=O)OCC)C(=O)OCC)C2)c1=O)C(=O)OCC. The molecule has 4 unspecified atom stereocenters. The van der Waals surface area contributed by atoms with Crippen LogP contribution in [0.25, 0.3) is 0 Å². The van der Waals surface area contributed by atoms with E-state index in [0.29, 0.717) is 77.0 Å². The van der Waals surface area contributed by atoms with E-state index in [1.807, 2.05) is 41.5 Å². The fourth-order valence-electron chi connectivity index (χ4n) is 15.1. The van der Waals surface area contributed by atoms with Gasteiger partial charge in [0.2, 0.25) is 53.7 Å². The zero-order chi connectivity index (χ0) is 85.0. The van der Waals surface area contributed by atoms with Crippen molar-refractivity contribution in [3.05, 3.63) is 31.5 Å². The van der Waals surface area contributed by atoms with E-state index in [0.717, 1.165) is 23.5 Å². The molecule has 0 radical (unpaired) electrons. The minimum absolute atomic E-state index is 0.0488. The van der Waals surface area contributed by atoms with E-state index < -0.39 is 158 Å². The third-order valence-electron chi connectivity index (χ3n) is 19.5. The highest BCUT2D eigenvalue weighted by atomic mass is 16.6. The Balaban J connectivity index is 1.99. The number of hydrogen-bond acceptors (Lipinski definition) is 26. The van der Waals surface area contributed by atoms with Crippen LogP contribution in [0.5, 0.6) is 0 Å². The Hall–Kier alpha value is -9.54. The number of esters is 8. The van der Waals surface area contributed by atoms with Crippen molar-refractivity contribution in [2.75, 3.05) is 106 Å². The Labute approximate surface area is 660 Å². The molecular formula is C77H124N10O26. The van der Waals surface area contributed by atoms with Gasteiger partial charge in [-0.2, -0.15) is 0 Å². The molecule has 36 heteroatoms. The van der Waals surface area contributed by atoms with Crippen LogP contribution in [0.3, 0.4) is 0 Å². The summed E-state index contributed by atoms with van der Waals surface area (Å²) >= 11 is 0. The first-order valence-corrected chi connectivity index (χ1v) is 39.6. The average Bonchev–Trinajstić information content (AvgIpc) is 0.738. The summed E-state index contributed by atoms with van der Waals surface area (Å²) < 4.78 is 43.0. The second-order valence-corrected chi connectivity index (χ2v) is 30.6. The van der Waals surface area contributed by atoms with Crippen molar-refractivity contribution in [3.63, 3.8) is 0 Å². The number of aromatic nitrogens is 3. The van der Waals surface area contributed by atoms with Crippen molar-refractivity contribution in [2.24, 2.45) is 45.3 Å². The Kier molecular flexibility index (Phi) is 41.4. The predicted molar refractivity (Wildman–Crippen MR) is 406 cm³/mol. The van der Waals surface area contributed by atoms with Gasteiger partial charge in [-0.05, 0) is 154 Å². The molecule has 2 saturated carbocycles. The van der Waals surface area contributed by atoms with Crippen molar-refractivity contribution in [2.45, 2.75) is 231 Å². The predicted octanol–water partition coefficient (Wildman–Crippen LogP) is 4.73. The molecule has 4 atom stereocenters. The second-order valence-electron chi connectivity index (χ2n) is 30.6.